The number of thiophene rings is 1. The summed E-state index contributed by atoms with van der Waals surface area (Å²) < 4.78 is 2.62. The first-order valence-corrected chi connectivity index (χ1v) is 22.5. The van der Waals surface area contributed by atoms with Crippen LogP contribution in [-0.4, -0.2) is 5.25 Å². The summed E-state index contributed by atoms with van der Waals surface area (Å²) in [5.41, 5.74) is 11.7. The first-order chi connectivity index (χ1) is 29.8. The van der Waals surface area contributed by atoms with E-state index in [1.165, 1.54) is 118 Å². The summed E-state index contributed by atoms with van der Waals surface area (Å²) in [7, 11) is 0. The van der Waals surface area contributed by atoms with Gasteiger partial charge in [-0.1, -0.05) is 188 Å². The maximum Gasteiger partial charge on any atom is 0.0381 e. The van der Waals surface area contributed by atoms with Crippen LogP contribution in [0.2, 0.25) is 0 Å². The highest BCUT2D eigenvalue weighted by Crippen LogP contribution is 2.52. The third-order valence-corrected chi connectivity index (χ3v) is 15.4. The van der Waals surface area contributed by atoms with Gasteiger partial charge in [-0.05, 0) is 111 Å². The molecule has 1 aliphatic carbocycles. The molecule has 0 saturated carbocycles. The van der Waals surface area contributed by atoms with E-state index in [2.05, 4.69) is 206 Å². The molecule has 0 N–H and O–H groups in total. The van der Waals surface area contributed by atoms with E-state index in [-0.39, 0.29) is 0 Å². The van der Waals surface area contributed by atoms with Crippen LogP contribution in [0.4, 0.5) is 0 Å². The van der Waals surface area contributed by atoms with Gasteiger partial charge >= 0.3 is 0 Å². The largest absolute Gasteiger partial charge is 0.135 e. The fourth-order valence-corrected chi connectivity index (χ4v) is 13.0. The zero-order valence-corrected chi connectivity index (χ0v) is 34.2. The van der Waals surface area contributed by atoms with E-state index in [0.29, 0.717) is 11.2 Å². The topological polar surface area (TPSA) is 0 Å². The minimum Gasteiger partial charge on any atom is -0.135 e. The first kappa shape index (κ1) is 34.2. The molecule has 13 rings (SSSR count). The van der Waals surface area contributed by atoms with Crippen LogP contribution in [0.25, 0.3) is 108 Å². The first-order valence-electron chi connectivity index (χ1n) is 20.8. The second-order valence-corrected chi connectivity index (χ2v) is 18.5. The Morgan fingerprint density at radius 2 is 0.867 bits per heavy atom. The van der Waals surface area contributed by atoms with E-state index in [9.17, 15) is 0 Å². The average Bonchev–Trinajstić information content (AvgIpc) is 3.88. The van der Waals surface area contributed by atoms with Gasteiger partial charge in [0.15, 0.2) is 0 Å². The molecule has 0 nitrogen and oxygen atoms in total. The maximum absolute atomic E-state index is 2.46. The number of rotatable bonds is 4. The molecule has 11 aromatic rings. The summed E-state index contributed by atoms with van der Waals surface area (Å²) in [4.78, 5) is 1.40. The SMILES string of the molecule is C1=CC2Sc3cc(-c4c5ccccc5c(-c5ccc6c(c5)sc5cccc(-c7c8ccccc8c(-c8ccccc8)c8ccccc78)c56)c5ccccc45)ccc3C2C=C1. The van der Waals surface area contributed by atoms with E-state index < -0.39 is 0 Å². The molecule has 0 amide bonds. The lowest BCUT2D eigenvalue weighted by atomic mass is 9.84. The normalized spacial score (nSPS) is 15.8. The quantitative estimate of drug-likeness (QED) is 0.160. The van der Waals surface area contributed by atoms with E-state index in [1.54, 1.807) is 0 Å². The lowest BCUT2D eigenvalue weighted by Crippen LogP contribution is -2.06. The molecule has 2 atom stereocenters. The van der Waals surface area contributed by atoms with Gasteiger partial charge in [0.25, 0.3) is 0 Å². The summed E-state index contributed by atoms with van der Waals surface area (Å²) in [6, 6.07) is 68.3. The van der Waals surface area contributed by atoms with E-state index in [1.807, 2.05) is 23.1 Å². The summed E-state index contributed by atoms with van der Waals surface area (Å²) >= 11 is 3.91. The lowest BCUT2D eigenvalue weighted by Gasteiger charge is -2.19. The van der Waals surface area contributed by atoms with Crippen LogP contribution in [0.15, 0.2) is 211 Å². The third kappa shape index (κ3) is 5.05. The van der Waals surface area contributed by atoms with Crippen molar-refractivity contribution in [1.82, 2.24) is 0 Å². The molecule has 280 valence electrons. The Kier molecular flexibility index (Phi) is 7.64. The van der Waals surface area contributed by atoms with Gasteiger partial charge in [0.1, 0.15) is 0 Å². The Bertz CT molecular complexity index is 3530. The standard InChI is InChI=1S/C58H36S2/c1-2-15-35(16-3-1)54-44-22-8-10-24-46(44)57(47-25-11-9-23-45(47)54)49-26-14-28-51-58(49)48-32-30-37(34-53(48)60-51)56-42-20-6-4-18-40(42)55(41-19-5-7-21-43(41)56)36-29-31-39-38-17-12-13-27-50(38)59-52(39)33-36/h1-34,38,50H. The van der Waals surface area contributed by atoms with Crippen LogP contribution in [0.5, 0.6) is 0 Å². The zero-order valence-electron chi connectivity index (χ0n) is 32.6. The maximum atomic E-state index is 2.46. The van der Waals surface area contributed by atoms with Crippen LogP contribution in [-0.2, 0) is 0 Å². The average molecular weight is 797 g/mol. The molecule has 1 aromatic heterocycles. The fraction of sp³-hybridized carbons (Fsp3) is 0.0345. The van der Waals surface area contributed by atoms with Crippen molar-refractivity contribution in [2.75, 3.05) is 0 Å². The fourth-order valence-electron chi connectivity index (χ4n) is 10.5. The highest BCUT2D eigenvalue weighted by Gasteiger charge is 2.31. The molecule has 10 aromatic carbocycles. The summed E-state index contributed by atoms with van der Waals surface area (Å²) in [6.07, 6.45) is 9.12. The number of hydrogen-bond acceptors (Lipinski definition) is 2. The molecule has 0 saturated heterocycles. The van der Waals surface area contributed by atoms with Crippen molar-refractivity contribution in [2.24, 2.45) is 0 Å². The van der Waals surface area contributed by atoms with Crippen LogP contribution in [0, 0.1) is 0 Å². The molecule has 60 heavy (non-hydrogen) atoms. The number of allylic oxidation sites excluding steroid dienone is 3. The van der Waals surface area contributed by atoms with E-state index >= 15 is 0 Å². The van der Waals surface area contributed by atoms with Gasteiger partial charge in [0, 0.05) is 36.2 Å². The van der Waals surface area contributed by atoms with E-state index in [4.69, 9.17) is 0 Å². The Hall–Kier alpha value is -6.71. The zero-order chi connectivity index (χ0) is 39.3. The predicted octanol–water partition coefficient (Wildman–Crippen LogP) is 17.0. The van der Waals surface area contributed by atoms with Crippen molar-refractivity contribution in [2.45, 2.75) is 16.1 Å². The van der Waals surface area contributed by atoms with E-state index in [0.717, 1.165) is 0 Å². The molecular formula is C58H36S2. The van der Waals surface area contributed by atoms with Crippen molar-refractivity contribution in [3.8, 4) is 44.5 Å². The second-order valence-electron chi connectivity index (χ2n) is 16.2. The smallest absolute Gasteiger partial charge is 0.0381 e. The van der Waals surface area contributed by atoms with Crippen molar-refractivity contribution in [1.29, 1.82) is 0 Å². The minimum atomic E-state index is 0.457. The Balaban J connectivity index is 1.02. The van der Waals surface area contributed by atoms with Gasteiger partial charge in [-0.2, -0.15) is 0 Å². The van der Waals surface area contributed by atoms with Crippen LogP contribution >= 0.6 is 23.1 Å². The molecule has 0 spiro atoms. The Morgan fingerprint density at radius 1 is 0.350 bits per heavy atom. The van der Waals surface area contributed by atoms with Crippen molar-refractivity contribution in [3.05, 3.63) is 212 Å². The number of benzene rings is 10. The lowest BCUT2D eigenvalue weighted by molar-refractivity contribution is 0.881. The molecule has 2 heteroatoms. The molecule has 0 fully saturated rings. The number of fused-ring (bicyclic) bond motifs is 10. The van der Waals surface area contributed by atoms with Crippen molar-refractivity contribution >= 4 is 86.4 Å². The highest BCUT2D eigenvalue weighted by atomic mass is 32.2. The summed E-state index contributed by atoms with van der Waals surface area (Å²) in [5.74, 6) is 0.457. The summed E-state index contributed by atoms with van der Waals surface area (Å²) in [5, 5.41) is 13.4. The molecular weight excluding hydrogens is 761 g/mol. The molecule has 0 radical (unpaired) electrons. The minimum absolute atomic E-state index is 0.457. The molecule has 2 unspecified atom stereocenters. The Morgan fingerprint density at radius 3 is 1.48 bits per heavy atom. The number of thioether (sulfide) groups is 1. The molecule has 0 bridgehead atoms. The second kappa shape index (κ2) is 13.4. The Labute approximate surface area is 356 Å². The number of hydrogen-bond donors (Lipinski definition) is 0. The van der Waals surface area contributed by atoms with Crippen LogP contribution < -0.4 is 0 Å². The van der Waals surface area contributed by atoms with Crippen LogP contribution in [0.1, 0.15) is 11.5 Å². The van der Waals surface area contributed by atoms with Crippen molar-refractivity contribution < 1.29 is 0 Å². The van der Waals surface area contributed by atoms with Gasteiger partial charge in [0.2, 0.25) is 0 Å². The van der Waals surface area contributed by atoms with Gasteiger partial charge in [-0.15, -0.1) is 23.1 Å². The monoisotopic (exact) mass is 796 g/mol. The highest BCUT2D eigenvalue weighted by molar-refractivity contribution is 8.00. The van der Waals surface area contributed by atoms with Gasteiger partial charge in [-0.25, -0.2) is 0 Å². The van der Waals surface area contributed by atoms with Crippen LogP contribution in [0.3, 0.4) is 0 Å². The third-order valence-electron chi connectivity index (χ3n) is 13.0. The van der Waals surface area contributed by atoms with Crippen molar-refractivity contribution in [3.63, 3.8) is 0 Å². The van der Waals surface area contributed by atoms with Gasteiger partial charge in [0.05, 0.1) is 0 Å². The summed E-state index contributed by atoms with van der Waals surface area (Å²) in [6.45, 7) is 0. The predicted molar refractivity (Wildman–Crippen MR) is 262 cm³/mol. The molecule has 2 heterocycles. The molecule has 1 aliphatic heterocycles. The van der Waals surface area contributed by atoms with Gasteiger partial charge in [-0.3, -0.25) is 0 Å². The molecule has 2 aliphatic rings. The van der Waals surface area contributed by atoms with Gasteiger partial charge < -0.3 is 0 Å².